The zero-order chi connectivity index (χ0) is 21.3. The highest BCUT2D eigenvalue weighted by atomic mass is 32.1. The fourth-order valence-electron chi connectivity index (χ4n) is 3.65. The normalized spacial score (nSPS) is 18.2. The minimum Gasteiger partial charge on any atom is -0.493 e. The van der Waals surface area contributed by atoms with Crippen LogP contribution in [-0.4, -0.2) is 55.2 Å². The molecule has 2 aliphatic rings. The van der Waals surface area contributed by atoms with E-state index in [4.69, 9.17) is 9.47 Å². The molecule has 2 amide bonds. The number of benzene rings is 1. The number of hydrazone groups is 1. The number of amides is 2. The number of carbonyl (C=O) groups excluding carboxylic acids is 2. The van der Waals surface area contributed by atoms with Crippen molar-refractivity contribution in [3.63, 3.8) is 0 Å². The quantitative estimate of drug-likeness (QED) is 0.680. The molecule has 1 fully saturated rings. The van der Waals surface area contributed by atoms with Crippen LogP contribution in [0.5, 0.6) is 11.5 Å². The van der Waals surface area contributed by atoms with Gasteiger partial charge in [-0.25, -0.2) is 5.01 Å². The van der Waals surface area contributed by atoms with Crippen molar-refractivity contribution in [3.8, 4) is 11.5 Å². The standard InChI is InChI=1S/C22H25N3O4S/c1-24(22(27)14-6-7-14)13-21(26)25-17(12-16(23-25)20-5-4-10-30-20)15-8-9-18(28-2)19(11-15)29-3/h4-5,8-11,14,17H,6-7,12-13H2,1-3H3/t17-/m0/s1. The van der Waals surface area contributed by atoms with Gasteiger partial charge in [-0.05, 0) is 42.0 Å². The van der Waals surface area contributed by atoms with Gasteiger partial charge in [0, 0.05) is 19.4 Å². The maximum Gasteiger partial charge on any atom is 0.262 e. The van der Waals surface area contributed by atoms with Crippen molar-refractivity contribution in [2.75, 3.05) is 27.8 Å². The number of nitrogens with zero attached hydrogens (tertiary/aromatic N) is 3. The maximum atomic E-state index is 13.2. The Hall–Kier alpha value is -2.87. The van der Waals surface area contributed by atoms with Crippen molar-refractivity contribution >= 4 is 28.9 Å². The zero-order valence-electron chi connectivity index (χ0n) is 17.3. The van der Waals surface area contributed by atoms with Gasteiger partial charge in [-0.15, -0.1) is 11.3 Å². The van der Waals surface area contributed by atoms with E-state index in [0.717, 1.165) is 29.0 Å². The van der Waals surface area contributed by atoms with Crippen molar-refractivity contribution in [1.82, 2.24) is 9.91 Å². The molecule has 1 atom stereocenters. The molecule has 30 heavy (non-hydrogen) atoms. The van der Waals surface area contributed by atoms with Crippen LogP contribution in [0.25, 0.3) is 0 Å². The van der Waals surface area contributed by atoms with Crippen LogP contribution in [-0.2, 0) is 9.59 Å². The molecule has 1 saturated carbocycles. The van der Waals surface area contributed by atoms with Crippen LogP contribution >= 0.6 is 11.3 Å². The summed E-state index contributed by atoms with van der Waals surface area (Å²) in [6.45, 7) is 0.0142. The van der Waals surface area contributed by atoms with E-state index in [9.17, 15) is 9.59 Å². The summed E-state index contributed by atoms with van der Waals surface area (Å²) in [4.78, 5) is 28.0. The smallest absolute Gasteiger partial charge is 0.262 e. The average Bonchev–Trinajstić information content (AvgIpc) is 3.27. The molecule has 2 aromatic rings. The summed E-state index contributed by atoms with van der Waals surface area (Å²) in [7, 11) is 4.86. The maximum absolute atomic E-state index is 13.2. The van der Waals surface area contributed by atoms with Gasteiger partial charge in [0.15, 0.2) is 11.5 Å². The molecule has 0 unspecified atom stereocenters. The Kier molecular flexibility index (Phi) is 5.76. The lowest BCUT2D eigenvalue weighted by Gasteiger charge is -2.25. The third-order valence-corrected chi connectivity index (χ3v) is 6.36. The van der Waals surface area contributed by atoms with Crippen LogP contribution in [0.1, 0.15) is 35.7 Å². The van der Waals surface area contributed by atoms with Crippen molar-refractivity contribution in [2.45, 2.75) is 25.3 Å². The van der Waals surface area contributed by atoms with E-state index >= 15 is 0 Å². The van der Waals surface area contributed by atoms with Crippen LogP contribution in [0, 0.1) is 5.92 Å². The molecule has 1 aromatic heterocycles. The Morgan fingerprint density at radius 3 is 2.60 bits per heavy atom. The van der Waals surface area contributed by atoms with Gasteiger partial charge in [0.25, 0.3) is 5.91 Å². The zero-order valence-corrected chi connectivity index (χ0v) is 18.1. The lowest BCUT2D eigenvalue weighted by Crippen LogP contribution is -2.39. The highest BCUT2D eigenvalue weighted by Gasteiger charge is 2.37. The van der Waals surface area contributed by atoms with Crippen molar-refractivity contribution in [2.24, 2.45) is 11.0 Å². The second-order valence-corrected chi connectivity index (χ2v) is 8.51. The van der Waals surface area contributed by atoms with E-state index in [1.807, 2.05) is 35.7 Å². The summed E-state index contributed by atoms with van der Waals surface area (Å²) in [5.41, 5.74) is 1.78. The van der Waals surface area contributed by atoms with Crippen LogP contribution in [0.4, 0.5) is 0 Å². The number of likely N-dealkylation sites (N-methyl/N-ethyl adjacent to an activating group) is 1. The molecule has 1 aromatic carbocycles. The van der Waals surface area contributed by atoms with Gasteiger partial charge in [-0.2, -0.15) is 5.10 Å². The van der Waals surface area contributed by atoms with E-state index in [-0.39, 0.29) is 30.3 Å². The van der Waals surface area contributed by atoms with E-state index in [0.29, 0.717) is 17.9 Å². The number of rotatable bonds is 7. The number of carbonyl (C=O) groups is 2. The van der Waals surface area contributed by atoms with E-state index in [2.05, 4.69) is 5.10 Å². The van der Waals surface area contributed by atoms with Gasteiger partial charge in [-0.3, -0.25) is 9.59 Å². The molecule has 7 nitrogen and oxygen atoms in total. The van der Waals surface area contributed by atoms with Crippen LogP contribution in [0.2, 0.25) is 0 Å². The average molecular weight is 428 g/mol. The van der Waals surface area contributed by atoms with Crippen LogP contribution < -0.4 is 9.47 Å². The first-order chi connectivity index (χ1) is 14.5. The number of thiophene rings is 1. The Morgan fingerprint density at radius 1 is 1.20 bits per heavy atom. The molecular weight excluding hydrogens is 402 g/mol. The topological polar surface area (TPSA) is 71.4 Å². The molecule has 0 spiro atoms. The number of ether oxygens (including phenoxy) is 2. The highest BCUT2D eigenvalue weighted by Crippen LogP contribution is 2.38. The molecule has 2 heterocycles. The van der Waals surface area contributed by atoms with Gasteiger partial charge in [0.2, 0.25) is 5.91 Å². The number of hydrogen-bond donors (Lipinski definition) is 0. The minimum atomic E-state index is -0.265. The summed E-state index contributed by atoms with van der Waals surface area (Å²) in [6.07, 6.45) is 2.42. The minimum absolute atomic E-state index is 0.0142. The largest absolute Gasteiger partial charge is 0.493 e. The summed E-state index contributed by atoms with van der Waals surface area (Å²) < 4.78 is 10.8. The van der Waals surface area contributed by atoms with Gasteiger partial charge in [0.05, 0.1) is 30.9 Å². The summed E-state index contributed by atoms with van der Waals surface area (Å²) >= 11 is 1.60. The third kappa shape index (κ3) is 4.05. The van der Waals surface area contributed by atoms with Crippen molar-refractivity contribution < 1.29 is 19.1 Å². The SMILES string of the molecule is COc1ccc([C@@H]2CC(c3cccs3)=NN2C(=O)CN(C)C(=O)C2CC2)cc1OC. The molecule has 1 aliphatic heterocycles. The summed E-state index contributed by atoms with van der Waals surface area (Å²) in [5.74, 6) is 1.15. The van der Waals surface area contributed by atoms with Crippen LogP contribution in [0.15, 0.2) is 40.8 Å². The number of methoxy groups -OCH3 is 2. The molecular formula is C22H25N3O4S. The third-order valence-electron chi connectivity index (χ3n) is 5.44. The fraction of sp³-hybridized carbons (Fsp3) is 0.409. The molecule has 158 valence electrons. The number of hydrogen-bond acceptors (Lipinski definition) is 6. The van der Waals surface area contributed by atoms with Crippen molar-refractivity contribution in [3.05, 3.63) is 46.2 Å². The second kappa shape index (κ2) is 8.47. The molecule has 0 bridgehead atoms. The fourth-order valence-corrected chi connectivity index (χ4v) is 4.37. The van der Waals surface area contributed by atoms with E-state index in [1.54, 1.807) is 32.6 Å². The van der Waals surface area contributed by atoms with Gasteiger partial charge in [0.1, 0.15) is 6.54 Å². The molecule has 8 heteroatoms. The van der Waals surface area contributed by atoms with Gasteiger partial charge < -0.3 is 14.4 Å². The molecule has 0 N–H and O–H groups in total. The van der Waals surface area contributed by atoms with E-state index in [1.165, 1.54) is 9.91 Å². The lowest BCUT2D eigenvalue weighted by molar-refractivity contribution is -0.141. The van der Waals surface area contributed by atoms with E-state index < -0.39 is 0 Å². The Bertz CT molecular complexity index is 969. The first kappa shape index (κ1) is 20.4. The highest BCUT2D eigenvalue weighted by molar-refractivity contribution is 7.12. The summed E-state index contributed by atoms with van der Waals surface area (Å²) in [5, 5.41) is 8.18. The van der Waals surface area contributed by atoms with Gasteiger partial charge >= 0.3 is 0 Å². The molecule has 1 aliphatic carbocycles. The summed E-state index contributed by atoms with van der Waals surface area (Å²) in [6, 6.07) is 9.36. The predicted octanol–water partition coefficient (Wildman–Crippen LogP) is 3.31. The monoisotopic (exact) mass is 427 g/mol. The Labute approximate surface area is 179 Å². The first-order valence-electron chi connectivity index (χ1n) is 9.92. The van der Waals surface area contributed by atoms with Crippen LogP contribution in [0.3, 0.4) is 0 Å². The first-order valence-corrected chi connectivity index (χ1v) is 10.8. The molecule has 0 saturated heterocycles. The Morgan fingerprint density at radius 2 is 1.97 bits per heavy atom. The van der Waals surface area contributed by atoms with Crippen molar-refractivity contribution in [1.29, 1.82) is 0 Å². The predicted molar refractivity (Wildman–Crippen MR) is 115 cm³/mol. The molecule has 0 radical (unpaired) electrons. The Balaban J connectivity index is 1.61. The van der Waals surface area contributed by atoms with Gasteiger partial charge in [-0.1, -0.05) is 12.1 Å². The second-order valence-electron chi connectivity index (χ2n) is 7.57. The molecule has 4 rings (SSSR count). The lowest BCUT2D eigenvalue weighted by atomic mass is 10.0.